The van der Waals surface area contributed by atoms with Gasteiger partial charge in [-0.3, -0.25) is 9.78 Å². The molecule has 0 radical (unpaired) electrons. The van der Waals surface area contributed by atoms with Gasteiger partial charge < -0.3 is 5.11 Å². The number of carbonyl (C=O) groups is 1. The van der Waals surface area contributed by atoms with Gasteiger partial charge in [-0.25, -0.2) is 0 Å². The summed E-state index contributed by atoms with van der Waals surface area (Å²) in [6.45, 7) is 1.32. The number of hydrogen-bond acceptors (Lipinski definition) is 3. The first-order valence-corrected chi connectivity index (χ1v) is 4.27. The first-order chi connectivity index (χ1) is 7.11. The van der Waals surface area contributed by atoms with Gasteiger partial charge in [-0.1, -0.05) is 11.2 Å². The van der Waals surface area contributed by atoms with Crippen molar-refractivity contribution in [2.45, 2.75) is 12.3 Å². The number of hydrogen-bond donors (Lipinski definition) is 1. The van der Waals surface area contributed by atoms with Crippen LogP contribution in [0.1, 0.15) is 12.6 Å². The number of nitrogens with zero attached hydrogens (tertiary/aromatic N) is 4. The molecule has 0 saturated carbocycles. The van der Waals surface area contributed by atoms with E-state index in [1.54, 1.807) is 18.2 Å². The molecule has 0 aliphatic rings. The summed E-state index contributed by atoms with van der Waals surface area (Å²) < 4.78 is 0. The molecule has 1 unspecified atom stereocenters. The highest BCUT2D eigenvalue weighted by atomic mass is 16.4. The van der Waals surface area contributed by atoms with Crippen molar-refractivity contribution >= 4 is 5.97 Å². The lowest BCUT2D eigenvalue weighted by atomic mass is 9.86. The molecule has 0 fully saturated rings. The summed E-state index contributed by atoms with van der Waals surface area (Å²) in [5.74, 6) is -1.06. The Morgan fingerprint density at radius 2 is 2.47 bits per heavy atom. The van der Waals surface area contributed by atoms with E-state index in [4.69, 9.17) is 10.6 Å². The number of rotatable bonds is 4. The van der Waals surface area contributed by atoms with Gasteiger partial charge in [0, 0.05) is 17.7 Å². The monoisotopic (exact) mass is 206 g/mol. The Balaban J connectivity index is 3.12. The van der Waals surface area contributed by atoms with Crippen LogP contribution < -0.4 is 0 Å². The van der Waals surface area contributed by atoms with E-state index < -0.39 is 11.4 Å². The van der Waals surface area contributed by atoms with Crippen LogP contribution in [0.4, 0.5) is 0 Å². The molecule has 6 heteroatoms. The number of aliphatic carboxylic acids is 1. The third-order valence-electron chi connectivity index (χ3n) is 2.15. The van der Waals surface area contributed by atoms with E-state index in [1.165, 1.54) is 13.1 Å². The van der Waals surface area contributed by atoms with Crippen LogP contribution in [-0.4, -0.2) is 22.6 Å². The highest BCUT2D eigenvalue weighted by Crippen LogP contribution is 2.22. The van der Waals surface area contributed by atoms with Crippen molar-refractivity contribution in [3.8, 4) is 0 Å². The van der Waals surface area contributed by atoms with E-state index in [2.05, 4.69) is 15.0 Å². The lowest BCUT2D eigenvalue weighted by Gasteiger charge is -2.21. The molecular weight excluding hydrogens is 196 g/mol. The number of azide groups is 1. The zero-order valence-corrected chi connectivity index (χ0v) is 8.16. The van der Waals surface area contributed by atoms with E-state index in [1.807, 2.05) is 0 Å². The van der Waals surface area contributed by atoms with Crippen LogP contribution in [0.25, 0.3) is 10.4 Å². The Morgan fingerprint density at radius 3 is 2.93 bits per heavy atom. The standard InChI is InChI=1S/C9H10N4O2/c1-9(8(14)15,6-12-13-10)7-4-2-3-5-11-7/h2-5H,6H2,1H3,(H,14,15). The van der Waals surface area contributed by atoms with E-state index in [0.717, 1.165) is 0 Å². The Bertz CT molecular complexity index is 400. The van der Waals surface area contributed by atoms with Gasteiger partial charge in [0.1, 0.15) is 5.41 Å². The summed E-state index contributed by atoms with van der Waals surface area (Å²) in [5.41, 5.74) is 7.31. The molecule has 0 aliphatic carbocycles. The van der Waals surface area contributed by atoms with E-state index in [0.29, 0.717) is 5.69 Å². The molecule has 0 aliphatic heterocycles. The highest BCUT2D eigenvalue weighted by molar-refractivity contribution is 5.80. The lowest BCUT2D eigenvalue weighted by Crippen LogP contribution is -2.36. The average Bonchev–Trinajstić information content (AvgIpc) is 2.27. The Kier molecular flexibility index (Phi) is 3.25. The van der Waals surface area contributed by atoms with Crippen molar-refractivity contribution in [1.82, 2.24) is 4.98 Å². The largest absolute Gasteiger partial charge is 0.481 e. The maximum Gasteiger partial charge on any atom is 0.315 e. The predicted octanol–water partition coefficient (Wildman–Crippen LogP) is 1.73. The number of aromatic nitrogens is 1. The van der Waals surface area contributed by atoms with Crippen LogP contribution in [0, 0.1) is 0 Å². The minimum absolute atomic E-state index is 0.157. The summed E-state index contributed by atoms with van der Waals surface area (Å²) in [5, 5.41) is 12.4. The first kappa shape index (κ1) is 11.0. The third kappa shape index (κ3) is 2.24. The van der Waals surface area contributed by atoms with Crippen LogP contribution in [0.3, 0.4) is 0 Å². The molecule has 1 rings (SSSR count). The summed E-state index contributed by atoms with van der Waals surface area (Å²) in [6.07, 6.45) is 1.51. The molecule has 0 bridgehead atoms. The lowest BCUT2D eigenvalue weighted by molar-refractivity contribution is -0.142. The van der Waals surface area contributed by atoms with E-state index in [-0.39, 0.29) is 6.54 Å². The first-order valence-electron chi connectivity index (χ1n) is 4.27. The molecule has 1 heterocycles. The molecule has 1 aromatic heterocycles. The number of carboxylic acid groups (broad SMARTS) is 1. The Morgan fingerprint density at radius 1 is 1.73 bits per heavy atom. The molecule has 0 saturated heterocycles. The second-order valence-corrected chi connectivity index (χ2v) is 3.24. The highest BCUT2D eigenvalue weighted by Gasteiger charge is 2.35. The molecule has 1 N–H and O–H groups in total. The quantitative estimate of drug-likeness (QED) is 0.461. The van der Waals surface area contributed by atoms with Gasteiger partial charge in [0.2, 0.25) is 0 Å². The van der Waals surface area contributed by atoms with Crippen molar-refractivity contribution in [3.05, 3.63) is 40.5 Å². The van der Waals surface area contributed by atoms with Crippen LogP contribution in [0.2, 0.25) is 0 Å². The fraction of sp³-hybridized carbons (Fsp3) is 0.333. The van der Waals surface area contributed by atoms with Gasteiger partial charge in [-0.15, -0.1) is 0 Å². The second-order valence-electron chi connectivity index (χ2n) is 3.24. The van der Waals surface area contributed by atoms with Crippen molar-refractivity contribution < 1.29 is 9.90 Å². The Labute approximate surface area is 86.2 Å². The zero-order valence-electron chi connectivity index (χ0n) is 8.16. The third-order valence-corrected chi connectivity index (χ3v) is 2.15. The molecule has 15 heavy (non-hydrogen) atoms. The van der Waals surface area contributed by atoms with Crippen LogP contribution in [0.5, 0.6) is 0 Å². The molecule has 0 aromatic carbocycles. The van der Waals surface area contributed by atoms with Crippen molar-refractivity contribution in [2.24, 2.45) is 5.11 Å². The van der Waals surface area contributed by atoms with Crippen molar-refractivity contribution in [3.63, 3.8) is 0 Å². The van der Waals surface area contributed by atoms with Crippen LogP contribution in [0.15, 0.2) is 29.5 Å². The second kappa shape index (κ2) is 4.43. The van der Waals surface area contributed by atoms with Gasteiger partial charge in [0.15, 0.2) is 0 Å². The normalized spacial score (nSPS) is 13.7. The van der Waals surface area contributed by atoms with Gasteiger partial charge in [-0.2, -0.15) is 0 Å². The van der Waals surface area contributed by atoms with Gasteiger partial charge in [0.25, 0.3) is 0 Å². The van der Waals surface area contributed by atoms with Gasteiger partial charge in [-0.05, 0) is 24.6 Å². The number of pyridine rings is 1. The molecular formula is C9H10N4O2. The predicted molar refractivity (Wildman–Crippen MR) is 53.2 cm³/mol. The summed E-state index contributed by atoms with van der Waals surface area (Å²) in [7, 11) is 0. The minimum Gasteiger partial charge on any atom is -0.481 e. The molecule has 78 valence electrons. The van der Waals surface area contributed by atoms with E-state index in [9.17, 15) is 4.79 Å². The maximum absolute atomic E-state index is 11.1. The minimum atomic E-state index is -1.27. The SMILES string of the molecule is CC(CN=[N+]=[N-])(C(=O)O)c1ccccn1. The molecule has 0 amide bonds. The number of carboxylic acids is 1. The van der Waals surface area contributed by atoms with E-state index >= 15 is 0 Å². The van der Waals surface area contributed by atoms with Crippen molar-refractivity contribution in [2.75, 3.05) is 6.54 Å². The maximum atomic E-state index is 11.1. The summed E-state index contributed by atoms with van der Waals surface area (Å²) in [6, 6.07) is 4.99. The fourth-order valence-corrected chi connectivity index (χ4v) is 1.12. The van der Waals surface area contributed by atoms with Crippen LogP contribution in [-0.2, 0) is 10.2 Å². The Hall–Kier alpha value is -2.07. The molecule has 0 spiro atoms. The molecule has 6 nitrogen and oxygen atoms in total. The smallest absolute Gasteiger partial charge is 0.315 e. The zero-order chi connectivity index (χ0) is 11.3. The van der Waals surface area contributed by atoms with Gasteiger partial charge in [0.05, 0.1) is 5.69 Å². The van der Waals surface area contributed by atoms with Crippen LogP contribution >= 0.6 is 0 Å². The summed E-state index contributed by atoms with van der Waals surface area (Å²) >= 11 is 0. The van der Waals surface area contributed by atoms with Gasteiger partial charge >= 0.3 is 5.97 Å². The molecule has 1 aromatic rings. The summed E-state index contributed by atoms with van der Waals surface area (Å²) in [4.78, 5) is 17.6. The average molecular weight is 206 g/mol. The fourth-order valence-electron chi connectivity index (χ4n) is 1.12. The van der Waals surface area contributed by atoms with Crippen molar-refractivity contribution in [1.29, 1.82) is 0 Å². The molecule has 1 atom stereocenters. The topological polar surface area (TPSA) is 99.0 Å².